The maximum Gasteiger partial charge on any atom is 0.338 e. The number of esters is 1. The summed E-state index contributed by atoms with van der Waals surface area (Å²) >= 11 is 0. The number of likely N-dealkylation sites (tertiary alicyclic amines) is 1. The zero-order valence-corrected chi connectivity index (χ0v) is 13.8. The topological polar surface area (TPSA) is 92.8 Å². The Morgan fingerprint density at radius 3 is 2.40 bits per heavy atom. The van der Waals surface area contributed by atoms with Gasteiger partial charge in [-0.05, 0) is 37.0 Å². The van der Waals surface area contributed by atoms with Crippen LogP contribution in [0.3, 0.4) is 0 Å². The first-order valence-corrected chi connectivity index (χ1v) is 8.40. The second-order valence-electron chi connectivity index (χ2n) is 6.38. The Kier molecular flexibility index (Phi) is 5.11. The molecule has 0 bridgehead atoms. The van der Waals surface area contributed by atoms with Crippen molar-refractivity contribution in [1.29, 1.82) is 0 Å². The number of hydrogen-bond donors (Lipinski definition) is 1. The van der Waals surface area contributed by atoms with Crippen LogP contribution in [0.5, 0.6) is 0 Å². The molecular weight excluding hydrogens is 324 g/mol. The fourth-order valence-corrected chi connectivity index (χ4v) is 3.10. The zero-order chi connectivity index (χ0) is 17.8. The van der Waals surface area contributed by atoms with E-state index in [2.05, 4.69) is 5.32 Å². The highest BCUT2D eigenvalue weighted by atomic mass is 16.5. The average Bonchev–Trinajstić information content (AvgIpc) is 3.23. The first kappa shape index (κ1) is 17.1. The Hall–Kier alpha value is -2.70. The van der Waals surface area contributed by atoms with Gasteiger partial charge in [0, 0.05) is 19.5 Å². The van der Waals surface area contributed by atoms with Gasteiger partial charge >= 0.3 is 5.97 Å². The molecule has 132 valence electrons. The van der Waals surface area contributed by atoms with Crippen LogP contribution in [-0.4, -0.2) is 48.3 Å². The number of carbonyl (C=O) groups excluding carboxylic acids is 4. The molecule has 3 amide bonds. The lowest BCUT2D eigenvalue weighted by Crippen LogP contribution is -2.32. The zero-order valence-electron chi connectivity index (χ0n) is 13.8. The smallest absolute Gasteiger partial charge is 0.338 e. The van der Waals surface area contributed by atoms with E-state index in [-0.39, 0.29) is 36.7 Å². The largest absolute Gasteiger partial charge is 0.452 e. The van der Waals surface area contributed by atoms with Gasteiger partial charge in [-0.15, -0.1) is 0 Å². The molecule has 25 heavy (non-hydrogen) atoms. The van der Waals surface area contributed by atoms with E-state index >= 15 is 0 Å². The number of hydrogen-bond acceptors (Lipinski definition) is 5. The van der Waals surface area contributed by atoms with Crippen molar-refractivity contribution in [3.8, 4) is 0 Å². The SMILES string of the molecule is O=C1C[C@@H](Cc2ccc(C(=O)OCC(=O)N3CCCC3)cc2)C(=O)N1. The van der Waals surface area contributed by atoms with Gasteiger partial charge in [0.1, 0.15) is 0 Å². The maximum absolute atomic E-state index is 12.0. The number of rotatable bonds is 5. The van der Waals surface area contributed by atoms with Crippen molar-refractivity contribution in [2.75, 3.05) is 19.7 Å². The molecule has 1 aromatic carbocycles. The van der Waals surface area contributed by atoms with Crippen LogP contribution in [0.1, 0.15) is 35.2 Å². The lowest BCUT2D eigenvalue weighted by molar-refractivity contribution is -0.133. The van der Waals surface area contributed by atoms with E-state index in [1.54, 1.807) is 29.2 Å². The van der Waals surface area contributed by atoms with Crippen molar-refractivity contribution in [3.05, 3.63) is 35.4 Å². The van der Waals surface area contributed by atoms with E-state index in [4.69, 9.17) is 4.74 Å². The summed E-state index contributed by atoms with van der Waals surface area (Å²) in [6.45, 7) is 1.20. The van der Waals surface area contributed by atoms with E-state index in [9.17, 15) is 19.2 Å². The van der Waals surface area contributed by atoms with Crippen LogP contribution in [0, 0.1) is 5.92 Å². The second-order valence-corrected chi connectivity index (χ2v) is 6.38. The second kappa shape index (κ2) is 7.46. The first-order chi connectivity index (χ1) is 12.0. The van der Waals surface area contributed by atoms with Gasteiger partial charge in [0.15, 0.2) is 6.61 Å². The number of imide groups is 1. The van der Waals surface area contributed by atoms with E-state index in [1.165, 1.54) is 0 Å². The third kappa shape index (κ3) is 4.23. The van der Waals surface area contributed by atoms with Crippen LogP contribution in [0.15, 0.2) is 24.3 Å². The van der Waals surface area contributed by atoms with Gasteiger partial charge in [-0.2, -0.15) is 0 Å². The van der Waals surface area contributed by atoms with Crippen molar-refractivity contribution in [1.82, 2.24) is 10.2 Å². The molecule has 0 unspecified atom stereocenters. The number of benzene rings is 1. The van der Waals surface area contributed by atoms with Crippen molar-refractivity contribution >= 4 is 23.7 Å². The molecule has 0 aliphatic carbocycles. The fourth-order valence-electron chi connectivity index (χ4n) is 3.10. The number of nitrogens with zero attached hydrogens (tertiary/aromatic N) is 1. The summed E-state index contributed by atoms with van der Waals surface area (Å²) < 4.78 is 5.07. The molecular formula is C18H20N2O5. The summed E-state index contributed by atoms with van der Waals surface area (Å²) in [5.41, 5.74) is 1.21. The van der Waals surface area contributed by atoms with Crippen LogP contribution in [0.25, 0.3) is 0 Å². The van der Waals surface area contributed by atoms with Gasteiger partial charge in [0.25, 0.3) is 5.91 Å². The number of nitrogens with one attached hydrogen (secondary N) is 1. The quantitative estimate of drug-likeness (QED) is 0.626. The Labute approximate surface area is 145 Å². The van der Waals surface area contributed by atoms with Crippen LogP contribution in [0.4, 0.5) is 0 Å². The monoisotopic (exact) mass is 344 g/mol. The van der Waals surface area contributed by atoms with Gasteiger partial charge in [0.05, 0.1) is 11.5 Å². The van der Waals surface area contributed by atoms with E-state index < -0.39 is 5.97 Å². The Morgan fingerprint density at radius 1 is 1.12 bits per heavy atom. The standard InChI is InChI=1S/C18H20N2O5/c21-15-10-14(17(23)19-15)9-12-3-5-13(6-4-12)18(24)25-11-16(22)20-7-1-2-8-20/h3-6,14H,1-2,7-11H2,(H,19,21,23)/t14-/m1/s1. The lowest BCUT2D eigenvalue weighted by Gasteiger charge is -2.15. The molecule has 7 heteroatoms. The van der Waals surface area contributed by atoms with Gasteiger partial charge in [-0.1, -0.05) is 12.1 Å². The van der Waals surface area contributed by atoms with Gasteiger partial charge in [-0.25, -0.2) is 4.79 Å². The molecule has 0 spiro atoms. The molecule has 0 radical (unpaired) electrons. The Morgan fingerprint density at radius 2 is 1.80 bits per heavy atom. The minimum absolute atomic E-state index is 0.167. The number of ether oxygens (including phenoxy) is 1. The molecule has 0 saturated carbocycles. The fraction of sp³-hybridized carbons (Fsp3) is 0.444. The van der Waals surface area contributed by atoms with E-state index in [0.29, 0.717) is 12.0 Å². The first-order valence-electron chi connectivity index (χ1n) is 8.40. The molecule has 1 aromatic rings. The van der Waals surface area contributed by atoms with E-state index in [0.717, 1.165) is 31.5 Å². The Balaban J connectivity index is 1.51. The highest BCUT2D eigenvalue weighted by Crippen LogP contribution is 2.18. The molecule has 3 rings (SSSR count). The number of amides is 3. The minimum atomic E-state index is -0.548. The van der Waals surface area contributed by atoms with Gasteiger partial charge < -0.3 is 9.64 Å². The van der Waals surface area contributed by atoms with Crippen LogP contribution in [-0.2, 0) is 25.5 Å². The van der Waals surface area contributed by atoms with Crippen molar-refractivity contribution in [2.45, 2.75) is 25.7 Å². The molecule has 1 N–H and O–H groups in total. The average molecular weight is 344 g/mol. The Bertz CT molecular complexity index is 692. The van der Waals surface area contributed by atoms with Crippen LogP contribution in [0.2, 0.25) is 0 Å². The predicted octanol–water partition coefficient (Wildman–Crippen LogP) is 0.671. The molecule has 7 nitrogen and oxygen atoms in total. The van der Waals surface area contributed by atoms with Crippen molar-refractivity contribution < 1.29 is 23.9 Å². The predicted molar refractivity (Wildman–Crippen MR) is 87.5 cm³/mol. The molecule has 2 aliphatic heterocycles. The summed E-state index contributed by atoms with van der Waals surface area (Å²) in [6.07, 6.45) is 2.62. The molecule has 2 heterocycles. The summed E-state index contributed by atoms with van der Waals surface area (Å²) in [5, 5.41) is 2.28. The van der Waals surface area contributed by atoms with Crippen molar-refractivity contribution in [2.24, 2.45) is 5.92 Å². The maximum atomic E-state index is 12.0. The number of carbonyl (C=O) groups is 4. The van der Waals surface area contributed by atoms with Crippen LogP contribution < -0.4 is 5.32 Å². The normalized spacial score (nSPS) is 19.8. The van der Waals surface area contributed by atoms with Gasteiger partial charge in [0.2, 0.25) is 11.8 Å². The van der Waals surface area contributed by atoms with Gasteiger partial charge in [-0.3, -0.25) is 19.7 Å². The third-order valence-corrected chi connectivity index (χ3v) is 4.52. The highest BCUT2D eigenvalue weighted by Gasteiger charge is 2.30. The summed E-state index contributed by atoms with van der Waals surface area (Å²) in [6, 6.07) is 6.67. The molecule has 2 saturated heterocycles. The van der Waals surface area contributed by atoms with Crippen molar-refractivity contribution in [3.63, 3.8) is 0 Å². The summed E-state index contributed by atoms with van der Waals surface area (Å²) in [7, 11) is 0. The summed E-state index contributed by atoms with van der Waals surface area (Å²) in [4.78, 5) is 48.4. The lowest BCUT2D eigenvalue weighted by atomic mass is 9.97. The molecule has 1 atom stereocenters. The molecule has 0 aromatic heterocycles. The van der Waals surface area contributed by atoms with Crippen LogP contribution >= 0.6 is 0 Å². The highest BCUT2D eigenvalue weighted by molar-refractivity contribution is 6.03. The minimum Gasteiger partial charge on any atom is -0.452 e. The third-order valence-electron chi connectivity index (χ3n) is 4.52. The molecule has 2 fully saturated rings. The van der Waals surface area contributed by atoms with E-state index in [1.807, 2.05) is 0 Å². The summed E-state index contributed by atoms with van der Waals surface area (Å²) in [5.74, 6) is -1.58. The molecule has 2 aliphatic rings.